The Labute approximate surface area is 219 Å². The third kappa shape index (κ3) is 6.54. The van der Waals surface area contributed by atoms with Crippen LogP contribution in [0.25, 0.3) is 0 Å². The zero-order chi connectivity index (χ0) is 26.6. The Hall–Kier alpha value is -3.28. The summed E-state index contributed by atoms with van der Waals surface area (Å²) in [7, 11) is -5.95. The minimum absolute atomic E-state index is 0.0228. The van der Waals surface area contributed by atoms with Gasteiger partial charge in [0.15, 0.2) is 0 Å². The molecule has 1 atom stereocenters. The molecule has 2 N–H and O–H groups in total. The lowest BCUT2D eigenvalue weighted by Crippen LogP contribution is -2.47. The smallest absolute Gasteiger partial charge is 0.243 e. The van der Waals surface area contributed by atoms with Crippen molar-refractivity contribution in [2.45, 2.75) is 17.9 Å². The van der Waals surface area contributed by atoms with Gasteiger partial charge in [-0.3, -0.25) is 4.72 Å². The summed E-state index contributed by atoms with van der Waals surface area (Å²) in [4.78, 5) is 4.24. The highest BCUT2D eigenvalue weighted by Gasteiger charge is 2.28. The highest BCUT2D eigenvalue weighted by molar-refractivity contribution is 7.92. The van der Waals surface area contributed by atoms with Crippen LogP contribution in [-0.2, 0) is 20.0 Å². The summed E-state index contributed by atoms with van der Waals surface area (Å²) in [6.07, 6.45) is 1.03. The zero-order valence-corrected chi connectivity index (χ0v) is 22.7. The Morgan fingerprint density at radius 2 is 1.41 bits per heavy atom. The summed E-state index contributed by atoms with van der Waals surface area (Å²) in [5.41, 5.74) is 2.52. The van der Waals surface area contributed by atoms with E-state index in [1.807, 2.05) is 59.5 Å². The van der Waals surface area contributed by atoms with Gasteiger partial charge in [-0.05, 0) is 42.8 Å². The first-order chi connectivity index (χ1) is 17.6. The molecule has 1 aliphatic heterocycles. The number of piperazine rings is 1. The number of hydrogen-bond donors (Lipinski definition) is 2. The lowest BCUT2D eigenvalue weighted by atomic mass is 10.1. The normalized spacial score (nSPS) is 15.3. The van der Waals surface area contributed by atoms with Gasteiger partial charge in [0.2, 0.25) is 20.0 Å². The number of rotatable bonds is 9. The zero-order valence-electron chi connectivity index (χ0n) is 21.1. The third-order valence-corrected chi connectivity index (χ3v) is 8.41. The number of hydrogen-bond acceptors (Lipinski definition) is 7. The van der Waals surface area contributed by atoms with E-state index in [1.165, 1.54) is 6.07 Å². The third-order valence-electron chi connectivity index (χ3n) is 6.23. The molecule has 1 heterocycles. The van der Waals surface area contributed by atoms with Gasteiger partial charge in [0.25, 0.3) is 0 Å². The Balaban J connectivity index is 1.63. The topological polar surface area (TPSA) is 108 Å². The Bertz CT molecular complexity index is 1440. The highest BCUT2D eigenvalue weighted by Crippen LogP contribution is 2.33. The molecule has 9 nitrogen and oxygen atoms in total. The number of sulfonamides is 2. The summed E-state index contributed by atoms with van der Waals surface area (Å²) < 4.78 is 61.6. The molecular formula is C26H32N4O5S2. The fraction of sp³-hybridized carbons (Fsp3) is 0.308. The molecule has 0 aromatic heterocycles. The second-order valence-electron chi connectivity index (χ2n) is 8.96. The first-order valence-corrected chi connectivity index (χ1v) is 15.3. The molecule has 3 aromatic carbocycles. The quantitative estimate of drug-likeness (QED) is 0.425. The molecule has 1 saturated heterocycles. The van der Waals surface area contributed by atoms with Crippen LogP contribution in [0, 0.1) is 0 Å². The fourth-order valence-electron chi connectivity index (χ4n) is 4.45. The van der Waals surface area contributed by atoms with Crippen LogP contribution >= 0.6 is 0 Å². The van der Waals surface area contributed by atoms with Gasteiger partial charge in [0.1, 0.15) is 10.6 Å². The summed E-state index contributed by atoms with van der Waals surface area (Å²) in [5.74, 6) is 0.787. The van der Waals surface area contributed by atoms with Crippen molar-refractivity contribution < 1.29 is 21.6 Å². The number of methoxy groups -OCH3 is 1. The average Bonchev–Trinajstić information content (AvgIpc) is 2.88. The van der Waals surface area contributed by atoms with E-state index in [2.05, 4.69) is 14.3 Å². The van der Waals surface area contributed by atoms with E-state index in [0.29, 0.717) is 31.9 Å². The molecule has 0 radical (unpaired) electrons. The molecule has 11 heteroatoms. The molecule has 3 aromatic rings. The lowest BCUT2D eigenvalue weighted by Gasteiger charge is -2.38. The van der Waals surface area contributed by atoms with E-state index >= 15 is 0 Å². The first kappa shape index (κ1) is 26.8. The maximum Gasteiger partial charge on any atom is 0.243 e. The van der Waals surface area contributed by atoms with Crippen LogP contribution < -0.4 is 24.0 Å². The summed E-state index contributed by atoms with van der Waals surface area (Å²) in [5, 5.41) is 0. The van der Waals surface area contributed by atoms with Crippen molar-refractivity contribution in [3.8, 4) is 5.75 Å². The molecule has 0 amide bonds. The van der Waals surface area contributed by atoms with Crippen molar-refractivity contribution in [3.05, 3.63) is 78.4 Å². The number of nitrogens with one attached hydrogen (secondary N) is 2. The standard InChI is InChI=1S/C26H32N4O5S2/c1-20(21-9-5-4-6-10-21)27-37(33,34)26-19-22(28-36(3,31)32)13-14-24(26)30-17-15-29(16-18-30)23-11-7-8-12-25(23)35-2/h4-14,19-20,27-28H,15-18H2,1-3H3/t20-/m0/s1. The lowest BCUT2D eigenvalue weighted by molar-refractivity contribution is 0.413. The predicted octanol–water partition coefficient (Wildman–Crippen LogP) is 3.43. The molecule has 0 spiro atoms. The number of nitrogens with zero attached hydrogens (tertiary/aromatic N) is 2. The van der Waals surface area contributed by atoms with Crippen molar-refractivity contribution in [2.24, 2.45) is 0 Å². The van der Waals surface area contributed by atoms with Gasteiger partial charge in [0.05, 0.1) is 24.7 Å². The largest absolute Gasteiger partial charge is 0.495 e. The number of anilines is 3. The van der Waals surface area contributed by atoms with Crippen LogP contribution in [-0.4, -0.2) is 56.4 Å². The van der Waals surface area contributed by atoms with E-state index in [4.69, 9.17) is 4.74 Å². The minimum Gasteiger partial charge on any atom is -0.495 e. The van der Waals surface area contributed by atoms with Crippen LogP contribution in [0.3, 0.4) is 0 Å². The molecule has 37 heavy (non-hydrogen) atoms. The van der Waals surface area contributed by atoms with Crippen LogP contribution in [0.4, 0.5) is 17.1 Å². The molecule has 4 rings (SSSR count). The van der Waals surface area contributed by atoms with Crippen LogP contribution in [0.5, 0.6) is 5.75 Å². The van der Waals surface area contributed by atoms with Gasteiger partial charge < -0.3 is 14.5 Å². The van der Waals surface area contributed by atoms with Crippen molar-refractivity contribution in [1.29, 1.82) is 0 Å². The second-order valence-corrected chi connectivity index (χ2v) is 12.4. The molecule has 1 aliphatic rings. The Morgan fingerprint density at radius 3 is 2.03 bits per heavy atom. The van der Waals surface area contributed by atoms with Gasteiger partial charge in [-0.2, -0.15) is 0 Å². The second kappa shape index (κ2) is 11.0. The number of ether oxygens (including phenoxy) is 1. The highest BCUT2D eigenvalue weighted by atomic mass is 32.2. The van der Waals surface area contributed by atoms with E-state index < -0.39 is 26.1 Å². The molecule has 0 bridgehead atoms. The average molecular weight is 545 g/mol. The number of para-hydroxylation sites is 2. The number of benzene rings is 3. The van der Waals surface area contributed by atoms with Gasteiger partial charge >= 0.3 is 0 Å². The Kier molecular flexibility index (Phi) is 7.96. The minimum atomic E-state index is -4.00. The van der Waals surface area contributed by atoms with Crippen LogP contribution in [0.1, 0.15) is 18.5 Å². The summed E-state index contributed by atoms with van der Waals surface area (Å²) in [6, 6.07) is 21.2. The van der Waals surface area contributed by atoms with Gasteiger partial charge in [-0.15, -0.1) is 0 Å². The maximum atomic E-state index is 13.6. The molecule has 0 saturated carbocycles. The molecule has 198 valence electrons. The van der Waals surface area contributed by atoms with Gasteiger partial charge in [0, 0.05) is 37.9 Å². The van der Waals surface area contributed by atoms with E-state index in [1.54, 1.807) is 26.2 Å². The van der Waals surface area contributed by atoms with Crippen LogP contribution in [0.2, 0.25) is 0 Å². The summed E-state index contributed by atoms with van der Waals surface area (Å²) in [6.45, 7) is 4.26. The monoisotopic (exact) mass is 544 g/mol. The van der Waals surface area contributed by atoms with Gasteiger partial charge in [-0.25, -0.2) is 21.6 Å². The van der Waals surface area contributed by atoms with Gasteiger partial charge in [-0.1, -0.05) is 42.5 Å². The molecule has 0 unspecified atom stereocenters. The molecule has 0 aliphatic carbocycles. The van der Waals surface area contributed by atoms with Crippen molar-refractivity contribution >= 4 is 37.1 Å². The SMILES string of the molecule is COc1ccccc1N1CCN(c2ccc(NS(C)(=O)=O)cc2S(=O)(=O)N[C@@H](C)c2ccccc2)CC1. The summed E-state index contributed by atoms with van der Waals surface area (Å²) >= 11 is 0. The van der Waals surface area contributed by atoms with E-state index in [9.17, 15) is 16.8 Å². The fourth-order valence-corrected chi connectivity index (χ4v) is 6.49. The van der Waals surface area contributed by atoms with E-state index in [0.717, 1.165) is 23.3 Å². The van der Waals surface area contributed by atoms with Crippen molar-refractivity contribution in [1.82, 2.24) is 4.72 Å². The Morgan fingerprint density at radius 1 is 0.811 bits per heavy atom. The molecule has 1 fully saturated rings. The van der Waals surface area contributed by atoms with Crippen LogP contribution in [0.15, 0.2) is 77.7 Å². The molecular weight excluding hydrogens is 512 g/mol. The van der Waals surface area contributed by atoms with E-state index in [-0.39, 0.29) is 10.6 Å². The first-order valence-electron chi connectivity index (χ1n) is 11.9. The van der Waals surface area contributed by atoms with Crippen molar-refractivity contribution in [2.75, 3.05) is 54.1 Å². The van der Waals surface area contributed by atoms with Crippen molar-refractivity contribution in [3.63, 3.8) is 0 Å². The predicted molar refractivity (Wildman–Crippen MR) is 148 cm³/mol. The maximum absolute atomic E-state index is 13.6.